The second-order valence-corrected chi connectivity index (χ2v) is 25.5. The van der Waals surface area contributed by atoms with Crippen LogP contribution in [0.25, 0.3) is 0 Å². The van der Waals surface area contributed by atoms with Crippen LogP contribution in [0.2, 0.25) is 0 Å². The maximum Gasteiger partial charge on any atom is 0.252 e. The van der Waals surface area contributed by atoms with E-state index in [4.69, 9.17) is 4.11 Å². The Morgan fingerprint density at radius 2 is 1.00 bits per heavy atom. The van der Waals surface area contributed by atoms with E-state index >= 15 is 0 Å². The largest absolute Gasteiger partial charge is 0.311 e. The zero-order valence-electron chi connectivity index (χ0n) is 44.2. The van der Waals surface area contributed by atoms with Crippen molar-refractivity contribution in [3.8, 4) is 0 Å². The van der Waals surface area contributed by atoms with Crippen molar-refractivity contribution < 1.29 is 4.11 Å². The van der Waals surface area contributed by atoms with Gasteiger partial charge in [-0.1, -0.05) is 134 Å². The average molecular weight is 824 g/mol. The molecule has 0 N–H and O–H groups in total. The second kappa shape index (κ2) is 12.5. The molecule has 2 heterocycles. The lowest BCUT2D eigenvalue weighted by atomic mass is 9.33. The summed E-state index contributed by atoms with van der Waals surface area (Å²) in [6, 6.07) is 26.1. The van der Waals surface area contributed by atoms with E-state index < -0.39 is 6.85 Å². The van der Waals surface area contributed by atoms with Crippen LogP contribution in [0.3, 0.4) is 0 Å². The van der Waals surface area contributed by atoms with Gasteiger partial charge in [-0.3, -0.25) is 0 Å². The molecule has 0 bridgehead atoms. The van der Waals surface area contributed by atoms with Gasteiger partial charge in [0.1, 0.15) is 0 Å². The summed E-state index contributed by atoms with van der Waals surface area (Å²) in [5.74, 6) is 0. The number of hydrogen-bond donors (Lipinski definition) is 0. The highest BCUT2D eigenvalue weighted by Crippen LogP contribution is 2.56. The summed E-state index contributed by atoms with van der Waals surface area (Å²) in [4.78, 5) is 4.99. The number of benzene rings is 5. The quantitative estimate of drug-likeness (QED) is 0.160. The van der Waals surface area contributed by atoms with Gasteiger partial charge in [0, 0.05) is 38.2 Å². The SMILES string of the molecule is [2H]C([2H])([2H])c1cc2c3c(c1)N(c1ccc4c(c1C)C(C)(C)CCC4(C)C)c1ccc(C(C)(C)C)cc1B3c1cc3c(cc1N2c1cc2c(cc1C)C(C)(C)CC2(C)C)C(C)(C)CC3(C)C. The van der Waals surface area contributed by atoms with E-state index in [1.165, 1.54) is 72.1 Å². The minimum absolute atomic E-state index is 0.00765. The first-order chi connectivity index (χ1) is 29.8. The van der Waals surface area contributed by atoms with E-state index in [9.17, 15) is 0 Å². The number of aryl methyl sites for hydroxylation is 2. The topological polar surface area (TPSA) is 6.48 Å². The van der Waals surface area contributed by atoms with Gasteiger partial charge in [-0.25, -0.2) is 0 Å². The fraction of sp³-hybridized carbons (Fsp3) is 0.492. The van der Waals surface area contributed by atoms with Crippen molar-refractivity contribution >= 4 is 57.2 Å². The van der Waals surface area contributed by atoms with E-state index in [0.29, 0.717) is 5.56 Å². The van der Waals surface area contributed by atoms with Crippen molar-refractivity contribution in [1.82, 2.24) is 0 Å². The Bertz CT molecular complexity index is 2900. The molecule has 0 atom stereocenters. The van der Waals surface area contributed by atoms with Gasteiger partial charge in [-0.05, 0) is 193 Å². The summed E-state index contributed by atoms with van der Waals surface area (Å²) >= 11 is 0. The van der Waals surface area contributed by atoms with E-state index in [1.54, 1.807) is 0 Å². The third-order valence-electron chi connectivity index (χ3n) is 16.8. The van der Waals surface area contributed by atoms with Crippen LogP contribution in [0.5, 0.6) is 0 Å². The molecule has 0 aromatic heterocycles. The summed E-state index contributed by atoms with van der Waals surface area (Å²) in [7, 11) is 0. The first-order valence-electron chi connectivity index (χ1n) is 25.2. The second-order valence-electron chi connectivity index (χ2n) is 25.5. The molecule has 5 aliphatic rings. The van der Waals surface area contributed by atoms with Crippen molar-refractivity contribution in [2.75, 3.05) is 9.80 Å². The molecule has 0 unspecified atom stereocenters. The zero-order valence-corrected chi connectivity index (χ0v) is 41.2. The van der Waals surface area contributed by atoms with Gasteiger partial charge in [0.05, 0.1) is 0 Å². The predicted molar refractivity (Wildman–Crippen MR) is 270 cm³/mol. The lowest BCUT2D eigenvalue weighted by Gasteiger charge is -2.47. The van der Waals surface area contributed by atoms with Crippen molar-refractivity contribution in [2.45, 2.75) is 188 Å². The highest BCUT2D eigenvalue weighted by atomic mass is 15.2. The van der Waals surface area contributed by atoms with E-state index in [-0.39, 0.29) is 44.6 Å². The van der Waals surface area contributed by atoms with E-state index in [2.05, 4.69) is 182 Å². The van der Waals surface area contributed by atoms with Gasteiger partial charge in [-0.15, -0.1) is 0 Å². The molecule has 0 saturated carbocycles. The lowest BCUT2D eigenvalue weighted by molar-refractivity contribution is 0.330. The molecule has 5 aromatic rings. The maximum absolute atomic E-state index is 9.15. The van der Waals surface area contributed by atoms with Gasteiger partial charge in [0.15, 0.2) is 0 Å². The first kappa shape index (κ1) is 38.2. The molecule has 0 amide bonds. The Kier molecular flexibility index (Phi) is 7.72. The van der Waals surface area contributed by atoms with Crippen LogP contribution in [-0.4, -0.2) is 6.71 Å². The summed E-state index contributed by atoms with van der Waals surface area (Å²) < 4.78 is 27.5. The maximum atomic E-state index is 9.15. The summed E-state index contributed by atoms with van der Waals surface area (Å²) in [5.41, 5.74) is 23.0. The van der Waals surface area contributed by atoms with Gasteiger partial charge in [-0.2, -0.15) is 0 Å². The summed E-state index contributed by atoms with van der Waals surface area (Å²) in [6.45, 7) is 38.0. The Morgan fingerprint density at radius 1 is 0.500 bits per heavy atom. The highest BCUT2D eigenvalue weighted by Gasteiger charge is 2.50. The Hall–Kier alpha value is -4.24. The van der Waals surface area contributed by atoms with E-state index in [1.807, 2.05) is 12.1 Å². The molecule has 0 fully saturated rings. The molecule has 2 nitrogen and oxygen atoms in total. The molecule has 10 rings (SSSR count). The van der Waals surface area contributed by atoms with Crippen LogP contribution in [0.15, 0.2) is 66.7 Å². The zero-order chi connectivity index (χ0) is 47.3. The fourth-order valence-electron chi connectivity index (χ4n) is 14.1. The van der Waals surface area contributed by atoms with Crippen LogP contribution in [-0.2, 0) is 37.9 Å². The van der Waals surface area contributed by atoms with Gasteiger partial charge >= 0.3 is 0 Å². The van der Waals surface area contributed by atoms with Crippen LogP contribution in [0, 0.1) is 20.7 Å². The molecular formula is C59H73BN2. The Balaban J connectivity index is 1.37. The molecule has 3 aliphatic carbocycles. The summed E-state index contributed by atoms with van der Waals surface area (Å²) in [5, 5.41) is 0. The predicted octanol–water partition coefficient (Wildman–Crippen LogP) is 14.3. The van der Waals surface area contributed by atoms with Gasteiger partial charge < -0.3 is 9.80 Å². The molecular weight excluding hydrogens is 747 g/mol. The smallest absolute Gasteiger partial charge is 0.252 e. The van der Waals surface area contributed by atoms with Crippen molar-refractivity contribution in [2.24, 2.45) is 0 Å². The fourth-order valence-corrected chi connectivity index (χ4v) is 14.1. The molecule has 62 heavy (non-hydrogen) atoms. The Labute approximate surface area is 380 Å². The Morgan fingerprint density at radius 3 is 1.58 bits per heavy atom. The number of nitrogens with zero attached hydrogens (tertiary/aromatic N) is 2. The highest BCUT2D eigenvalue weighted by molar-refractivity contribution is 7.00. The third-order valence-corrected chi connectivity index (χ3v) is 16.8. The number of hydrogen-bond acceptors (Lipinski definition) is 2. The van der Waals surface area contributed by atoms with Crippen LogP contribution >= 0.6 is 0 Å². The monoisotopic (exact) mass is 824 g/mol. The minimum atomic E-state index is -2.34. The standard InChI is InChI=1S/C59H73BN2/c1-34-25-49-52-50(26-34)62(47-30-41-39(27-35(47)2)56(11,12)32-58(41,15)16)48-31-42-40(57(13,14)33-59(42,17)18)29-44(48)60(52)43-28-37(53(4,5)6)19-21-46(43)61(49)45-22-20-38-51(36(45)3)55(9,10)24-23-54(38,7)8/h19-22,25-31H,23-24,32-33H2,1-18H3/i1D3. The molecule has 0 radical (unpaired) electrons. The number of fused-ring (bicyclic) bond motifs is 7. The molecule has 5 aromatic carbocycles. The van der Waals surface area contributed by atoms with Crippen LogP contribution < -0.4 is 26.2 Å². The number of anilines is 6. The third kappa shape index (κ3) is 5.74. The molecule has 3 heteroatoms. The summed E-state index contributed by atoms with van der Waals surface area (Å²) in [6.07, 6.45) is 4.40. The van der Waals surface area contributed by atoms with E-state index in [0.717, 1.165) is 54.1 Å². The average Bonchev–Trinajstić information content (AvgIpc) is 3.47. The van der Waals surface area contributed by atoms with Gasteiger partial charge in [0.25, 0.3) is 6.71 Å². The van der Waals surface area contributed by atoms with Gasteiger partial charge in [0.2, 0.25) is 0 Å². The molecule has 322 valence electrons. The van der Waals surface area contributed by atoms with Crippen LogP contribution in [0.4, 0.5) is 34.1 Å². The van der Waals surface area contributed by atoms with Crippen molar-refractivity contribution in [3.05, 3.63) is 122 Å². The molecule has 0 spiro atoms. The van der Waals surface area contributed by atoms with Crippen LogP contribution in [0.1, 0.15) is 189 Å². The van der Waals surface area contributed by atoms with Crippen molar-refractivity contribution in [1.29, 1.82) is 0 Å². The lowest BCUT2D eigenvalue weighted by Crippen LogP contribution is -2.62. The molecule has 0 saturated heterocycles. The minimum Gasteiger partial charge on any atom is -0.311 e. The first-order valence-corrected chi connectivity index (χ1v) is 23.7. The van der Waals surface area contributed by atoms with Crippen molar-refractivity contribution in [3.63, 3.8) is 0 Å². The molecule has 2 aliphatic heterocycles. The normalized spacial score (nSPS) is 22.1. The number of rotatable bonds is 2.